The number of halogens is 1. The van der Waals surface area contributed by atoms with Crippen molar-refractivity contribution in [3.8, 4) is 11.1 Å². The molecular weight excluding hydrogens is 518 g/mol. The summed E-state index contributed by atoms with van der Waals surface area (Å²) in [6.45, 7) is 0.921. The molecule has 6 nitrogen and oxygen atoms in total. The Balaban J connectivity index is 1.40. The van der Waals surface area contributed by atoms with Gasteiger partial charge in [-0.15, -0.1) is 11.3 Å². The predicted molar refractivity (Wildman–Crippen MR) is 133 cm³/mol. The van der Waals surface area contributed by atoms with Gasteiger partial charge < -0.3 is 14.6 Å². The quantitative estimate of drug-likeness (QED) is 0.393. The third-order valence-corrected chi connectivity index (χ3v) is 8.14. The van der Waals surface area contributed by atoms with Gasteiger partial charge in [-0.1, -0.05) is 48.5 Å². The Labute approximate surface area is 210 Å². The van der Waals surface area contributed by atoms with Crippen LogP contribution >= 0.6 is 27.3 Å². The van der Waals surface area contributed by atoms with Crippen molar-refractivity contribution in [3.05, 3.63) is 80.5 Å². The van der Waals surface area contributed by atoms with Gasteiger partial charge in [0.2, 0.25) is 0 Å². The number of hydrogen-bond acceptors (Lipinski definition) is 5. The first-order chi connectivity index (χ1) is 16.5. The van der Waals surface area contributed by atoms with E-state index in [1.807, 2.05) is 29.6 Å². The number of rotatable bonds is 7. The molecule has 2 atom stereocenters. The molecule has 3 aromatic rings. The average Bonchev–Trinajstić information content (AvgIpc) is 3.57. The lowest BCUT2D eigenvalue weighted by atomic mass is 9.98. The van der Waals surface area contributed by atoms with Crippen LogP contribution in [0.3, 0.4) is 0 Å². The Morgan fingerprint density at radius 1 is 1.15 bits per heavy atom. The number of aliphatic carboxylic acids is 1. The Kier molecular flexibility index (Phi) is 6.72. The third kappa shape index (κ3) is 4.50. The molecule has 176 valence electrons. The second-order valence-electron chi connectivity index (χ2n) is 8.50. The van der Waals surface area contributed by atoms with Crippen molar-refractivity contribution in [3.63, 3.8) is 0 Å². The number of fused-ring (bicyclic) bond motifs is 3. The van der Waals surface area contributed by atoms with Gasteiger partial charge in [0, 0.05) is 27.3 Å². The molecule has 1 aromatic heterocycles. The highest BCUT2D eigenvalue weighted by Gasteiger charge is 2.37. The van der Waals surface area contributed by atoms with E-state index in [-0.39, 0.29) is 25.2 Å². The van der Waals surface area contributed by atoms with Crippen LogP contribution in [0.4, 0.5) is 4.79 Å². The zero-order chi connectivity index (χ0) is 23.7. The van der Waals surface area contributed by atoms with Gasteiger partial charge in [-0.2, -0.15) is 0 Å². The van der Waals surface area contributed by atoms with Gasteiger partial charge in [0.1, 0.15) is 6.61 Å². The van der Waals surface area contributed by atoms with Crippen molar-refractivity contribution < 1.29 is 24.2 Å². The molecule has 0 bridgehead atoms. The molecule has 1 aliphatic heterocycles. The molecule has 2 heterocycles. The lowest BCUT2D eigenvalue weighted by molar-refractivity contribution is -0.143. The van der Waals surface area contributed by atoms with Crippen LogP contribution in [0.1, 0.15) is 40.8 Å². The maximum atomic E-state index is 13.4. The highest BCUT2D eigenvalue weighted by Crippen LogP contribution is 2.44. The fourth-order valence-electron chi connectivity index (χ4n) is 4.85. The number of carbonyl (C=O) groups is 2. The Morgan fingerprint density at radius 2 is 1.82 bits per heavy atom. The summed E-state index contributed by atoms with van der Waals surface area (Å²) in [5.74, 6) is -1.19. The van der Waals surface area contributed by atoms with E-state index in [0.29, 0.717) is 11.5 Å². The number of carboxylic acid groups (broad SMARTS) is 1. The SMILES string of the molecule is O=C(O)C(c1cc(Br)cs1)N(CC1CCCO1)C(=O)OCC1c2ccccc2-c2ccccc21. The van der Waals surface area contributed by atoms with Crippen molar-refractivity contribution in [1.82, 2.24) is 4.90 Å². The van der Waals surface area contributed by atoms with Crippen LogP contribution in [-0.2, 0) is 14.3 Å². The average molecular weight is 542 g/mol. The van der Waals surface area contributed by atoms with Crippen LogP contribution < -0.4 is 0 Å². The van der Waals surface area contributed by atoms with Crippen molar-refractivity contribution in [1.29, 1.82) is 0 Å². The van der Waals surface area contributed by atoms with E-state index in [0.717, 1.165) is 39.6 Å². The van der Waals surface area contributed by atoms with Gasteiger partial charge in [0.25, 0.3) is 0 Å². The largest absolute Gasteiger partial charge is 0.479 e. The summed E-state index contributed by atoms with van der Waals surface area (Å²) in [6.07, 6.45) is 0.832. The van der Waals surface area contributed by atoms with E-state index in [4.69, 9.17) is 9.47 Å². The Bertz CT molecular complexity index is 1160. The number of nitrogens with zero attached hydrogens (tertiary/aromatic N) is 1. The second kappa shape index (κ2) is 9.90. The first kappa shape index (κ1) is 23.1. The summed E-state index contributed by atoms with van der Waals surface area (Å²) in [5, 5.41) is 11.9. The van der Waals surface area contributed by atoms with Gasteiger partial charge in [-0.25, -0.2) is 9.59 Å². The molecule has 2 aliphatic rings. The van der Waals surface area contributed by atoms with E-state index in [1.54, 1.807) is 6.07 Å². The fourth-order valence-corrected chi connectivity index (χ4v) is 6.40. The molecule has 0 radical (unpaired) electrons. The number of carbonyl (C=O) groups excluding carboxylic acids is 1. The van der Waals surface area contributed by atoms with Gasteiger partial charge in [-0.3, -0.25) is 4.90 Å². The first-order valence-electron chi connectivity index (χ1n) is 11.2. The first-order valence-corrected chi connectivity index (χ1v) is 12.9. The molecule has 34 heavy (non-hydrogen) atoms. The minimum absolute atomic E-state index is 0.0971. The summed E-state index contributed by atoms with van der Waals surface area (Å²) in [5.41, 5.74) is 4.50. The highest BCUT2D eigenvalue weighted by atomic mass is 79.9. The minimum Gasteiger partial charge on any atom is -0.479 e. The molecule has 0 spiro atoms. The molecule has 5 rings (SSSR count). The summed E-state index contributed by atoms with van der Waals surface area (Å²) in [7, 11) is 0. The van der Waals surface area contributed by atoms with E-state index < -0.39 is 18.1 Å². The highest BCUT2D eigenvalue weighted by molar-refractivity contribution is 9.10. The van der Waals surface area contributed by atoms with Crippen LogP contribution in [0.15, 0.2) is 64.5 Å². The summed E-state index contributed by atoms with van der Waals surface area (Å²) in [6, 6.07) is 16.8. The zero-order valence-corrected chi connectivity index (χ0v) is 20.8. The zero-order valence-electron chi connectivity index (χ0n) is 18.4. The second-order valence-corrected chi connectivity index (χ2v) is 10.4. The fraction of sp³-hybridized carbons (Fsp3) is 0.308. The van der Waals surface area contributed by atoms with Crippen molar-refractivity contribution in [2.24, 2.45) is 0 Å². The Morgan fingerprint density at radius 3 is 2.38 bits per heavy atom. The van der Waals surface area contributed by atoms with Crippen LogP contribution in [0.2, 0.25) is 0 Å². The standard InChI is InChI=1S/C26H24BrNO5S/c27-16-12-23(34-15-16)24(25(29)30)28(13-17-6-5-11-32-17)26(31)33-14-22-20-9-3-1-7-18(20)19-8-2-4-10-21(19)22/h1-4,7-10,12,15,17,22,24H,5-6,11,13-14H2,(H,29,30). The number of benzene rings is 2. The van der Waals surface area contributed by atoms with E-state index in [9.17, 15) is 14.7 Å². The van der Waals surface area contributed by atoms with Crippen molar-refractivity contribution in [2.75, 3.05) is 19.8 Å². The van der Waals surface area contributed by atoms with Crippen LogP contribution in [0.5, 0.6) is 0 Å². The molecule has 1 N–H and O–H groups in total. The van der Waals surface area contributed by atoms with Gasteiger partial charge in [-0.05, 0) is 57.1 Å². The number of carboxylic acids is 1. The molecule has 1 fully saturated rings. The molecular formula is C26H24BrNO5S. The monoisotopic (exact) mass is 541 g/mol. The molecule has 0 saturated carbocycles. The lowest BCUT2D eigenvalue weighted by Gasteiger charge is -2.30. The van der Waals surface area contributed by atoms with Gasteiger partial charge in [0.15, 0.2) is 6.04 Å². The molecule has 2 unspecified atom stereocenters. The van der Waals surface area contributed by atoms with Crippen LogP contribution in [0.25, 0.3) is 11.1 Å². The molecule has 1 aliphatic carbocycles. The number of thiophene rings is 1. The van der Waals surface area contributed by atoms with Crippen LogP contribution in [-0.4, -0.2) is 47.9 Å². The maximum Gasteiger partial charge on any atom is 0.410 e. The number of hydrogen-bond donors (Lipinski definition) is 1. The predicted octanol–water partition coefficient (Wildman–Crippen LogP) is 6.07. The number of ether oxygens (including phenoxy) is 2. The normalized spacial score (nSPS) is 17.7. The Hall–Kier alpha value is -2.68. The third-order valence-electron chi connectivity index (χ3n) is 6.40. The summed E-state index contributed by atoms with van der Waals surface area (Å²) in [4.78, 5) is 27.6. The lowest BCUT2D eigenvalue weighted by Crippen LogP contribution is -2.43. The number of amides is 1. The van der Waals surface area contributed by atoms with Crippen LogP contribution in [0, 0.1) is 0 Å². The minimum atomic E-state index is -1.14. The van der Waals surface area contributed by atoms with E-state index in [2.05, 4.69) is 40.2 Å². The van der Waals surface area contributed by atoms with Gasteiger partial charge >= 0.3 is 12.1 Å². The summed E-state index contributed by atoms with van der Waals surface area (Å²) >= 11 is 4.68. The molecule has 1 saturated heterocycles. The van der Waals surface area contributed by atoms with E-state index in [1.165, 1.54) is 16.2 Å². The topological polar surface area (TPSA) is 76.1 Å². The van der Waals surface area contributed by atoms with Crippen molar-refractivity contribution >= 4 is 39.3 Å². The maximum absolute atomic E-state index is 13.4. The van der Waals surface area contributed by atoms with E-state index >= 15 is 0 Å². The molecule has 1 amide bonds. The smallest absolute Gasteiger partial charge is 0.410 e. The molecule has 2 aromatic carbocycles. The summed E-state index contributed by atoms with van der Waals surface area (Å²) < 4.78 is 12.3. The molecule has 8 heteroatoms. The van der Waals surface area contributed by atoms with Crippen molar-refractivity contribution in [2.45, 2.75) is 30.9 Å². The van der Waals surface area contributed by atoms with Gasteiger partial charge in [0.05, 0.1) is 12.6 Å².